The first kappa shape index (κ1) is 18.1. The van der Waals surface area contributed by atoms with Crippen molar-refractivity contribution in [3.8, 4) is 0 Å². The van der Waals surface area contributed by atoms with Crippen LogP contribution >= 0.6 is 11.3 Å². The van der Waals surface area contributed by atoms with Crippen molar-refractivity contribution in [3.05, 3.63) is 58.3 Å². The van der Waals surface area contributed by atoms with E-state index < -0.39 is 0 Å². The molecule has 1 atom stereocenters. The summed E-state index contributed by atoms with van der Waals surface area (Å²) in [6, 6.07) is 13.5. The van der Waals surface area contributed by atoms with E-state index in [2.05, 4.69) is 10.4 Å². The Kier molecular flexibility index (Phi) is 5.68. The molecule has 3 amide bonds. The molecule has 1 aromatic carbocycles. The van der Waals surface area contributed by atoms with Gasteiger partial charge in [-0.3, -0.25) is 4.79 Å². The number of likely N-dealkylation sites (N-methyl/N-ethyl adjacent to an activating group) is 1. The lowest BCUT2D eigenvalue weighted by molar-refractivity contribution is -0.133. The van der Waals surface area contributed by atoms with Crippen LogP contribution in [0.2, 0.25) is 0 Å². The molecular formula is C19H22N4O2S. The van der Waals surface area contributed by atoms with Crippen molar-refractivity contribution in [3.63, 3.8) is 0 Å². The first-order valence-corrected chi connectivity index (χ1v) is 9.45. The van der Waals surface area contributed by atoms with Crippen molar-refractivity contribution >= 4 is 29.0 Å². The SMILES string of the molecule is CCNC(=O)N(C)CC(=O)N1N=C(c2cccs2)C[C@H]1c1ccccc1. The van der Waals surface area contributed by atoms with Crippen molar-refractivity contribution < 1.29 is 9.59 Å². The summed E-state index contributed by atoms with van der Waals surface area (Å²) < 4.78 is 0. The van der Waals surface area contributed by atoms with Gasteiger partial charge in [-0.1, -0.05) is 36.4 Å². The van der Waals surface area contributed by atoms with Crippen LogP contribution in [0.5, 0.6) is 0 Å². The van der Waals surface area contributed by atoms with Gasteiger partial charge in [0.05, 0.1) is 16.6 Å². The molecule has 2 aromatic rings. The number of hydrogen-bond acceptors (Lipinski definition) is 4. The van der Waals surface area contributed by atoms with Gasteiger partial charge in [0.25, 0.3) is 5.91 Å². The molecule has 0 spiro atoms. The minimum absolute atomic E-state index is 0.0175. The Morgan fingerprint density at radius 1 is 1.27 bits per heavy atom. The van der Waals surface area contributed by atoms with E-state index in [-0.39, 0.29) is 24.5 Å². The van der Waals surface area contributed by atoms with Gasteiger partial charge in [-0.2, -0.15) is 5.10 Å². The minimum Gasteiger partial charge on any atom is -0.338 e. The Labute approximate surface area is 157 Å². The summed E-state index contributed by atoms with van der Waals surface area (Å²) in [4.78, 5) is 27.2. The standard InChI is InChI=1S/C19H22N4O2S/c1-3-20-19(25)22(2)13-18(24)23-16(14-8-5-4-6-9-14)12-15(21-23)17-10-7-11-26-17/h4-11,16H,3,12-13H2,1-2H3,(H,20,25)/t16-/m0/s1. The van der Waals surface area contributed by atoms with Crippen LogP contribution in [0, 0.1) is 0 Å². The highest BCUT2D eigenvalue weighted by molar-refractivity contribution is 7.12. The second-order valence-corrected chi connectivity index (χ2v) is 7.03. The van der Waals surface area contributed by atoms with Crippen molar-refractivity contribution in [2.75, 3.05) is 20.1 Å². The van der Waals surface area contributed by atoms with Gasteiger partial charge in [0.2, 0.25) is 0 Å². The van der Waals surface area contributed by atoms with Gasteiger partial charge < -0.3 is 10.2 Å². The molecule has 1 aliphatic heterocycles. The maximum atomic E-state index is 12.9. The van der Waals surface area contributed by atoms with Gasteiger partial charge in [0.1, 0.15) is 6.54 Å². The monoisotopic (exact) mass is 370 g/mol. The van der Waals surface area contributed by atoms with E-state index in [4.69, 9.17) is 0 Å². The van der Waals surface area contributed by atoms with E-state index in [9.17, 15) is 9.59 Å². The van der Waals surface area contributed by atoms with Crippen LogP contribution in [0.1, 0.15) is 29.8 Å². The molecule has 1 aliphatic rings. The Morgan fingerprint density at radius 3 is 2.69 bits per heavy atom. The number of nitrogens with one attached hydrogen (secondary N) is 1. The van der Waals surface area contributed by atoms with Crippen LogP contribution in [0.3, 0.4) is 0 Å². The Morgan fingerprint density at radius 2 is 2.04 bits per heavy atom. The van der Waals surface area contributed by atoms with Crippen LogP contribution in [-0.2, 0) is 4.79 Å². The normalized spacial score (nSPS) is 16.3. The molecule has 0 saturated heterocycles. The first-order chi connectivity index (χ1) is 12.6. The molecule has 0 bridgehead atoms. The maximum Gasteiger partial charge on any atom is 0.317 e. The smallest absolute Gasteiger partial charge is 0.317 e. The number of benzene rings is 1. The topological polar surface area (TPSA) is 65.0 Å². The Balaban J connectivity index is 1.82. The van der Waals surface area contributed by atoms with E-state index in [1.165, 1.54) is 9.91 Å². The fourth-order valence-electron chi connectivity index (χ4n) is 2.90. The van der Waals surface area contributed by atoms with Gasteiger partial charge >= 0.3 is 6.03 Å². The van der Waals surface area contributed by atoms with Crippen LogP contribution in [0.4, 0.5) is 4.79 Å². The molecule has 3 rings (SSSR count). The van der Waals surface area contributed by atoms with Crippen LogP contribution in [-0.4, -0.2) is 47.7 Å². The summed E-state index contributed by atoms with van der Waals surface area (Å²) in [5.74, 6) is -0.195. The molecule has 0 fully saturated rings. The van der Waals surface area contributed by atoms with Crippen LogP contribution < -0.4 is 5.32 Å². The van der Waals surface area contributed by atoms with Crippen LogP contribution in [0.15, 0.2) is 52.9 Å². The molecule has 1 N–H and O–H groups in total. The molecule has 7 heteroatoms. The van der Waals surface area contributed by atoms with E-state index in [1.54, 1.807) is 18.4 Å². The zero-order chi connectivity index (χ0) is 18.5. The molecular weight excluding hydrogens is 348 g/mol. The zero-order valence-corrected chi connectivity index (χ0v) is 15.7. The van der Waals surface area contributed by atoms with Gasteiger partial charge in [-0.05, 0) is 23.9 Å². The molecule has 26 heavy (non-hydrogen) atoms. The second kappa shape index (κ2) is 8.14. The third-order valence-electron chi connectivity index (χ3n) is 4.20. The zero-order valence-electron chi connectivity index (χ0n) is 14.9. The Hall–Kier alpha value is -2.67. The number of thiophene rings is 1. The Bertz CT molecular complexity index is 789. The summed E-state index contributed by atoms with van der Waals surface area (Å²) in [6.45, 7) is 2.35. The highest BCUT2D eigenvalue weighted by Crippen LogP contribution is 2.33. The third-order valence-corrected chi connectivity index (χ3v) is 5.12. The summed E-state index contributed by atoms with van der Waals surface area (Å²) in [7, 11) is 1.61. The predicted octanol–water partition coefficient (Wildman–Crippen LogP) is 3.09. The number of amides is 3. The van der Waals surface area contributed by atoms with Crippen molar-refractivity contribution in [2.45, 2.75) is 19.4 Å². The molecule has 0 radical (unpaired) electrons. The summed E-state index contributed by atoms with van der Waals surface area (Å²) in [5, 5.41) is 10.8. The molecule has 136 valence electrons. The lowest BCUT2D eigenvalue weighted by Gasteiger charge is -2.24. The number of hydrogen-bond donors (Lipinski definition) is 1. The highest BCUT2D eigenvalue weighted by Gasteiger charge is 2.34. The van der Waals surface area contributed by atoms with Gasteiger partial charge in [-0.25, -0.2) is 9.80 Å². The number of urea groups is 1. The molecule has 1 aromatic heterocycles. The van der Waals surface area contributed by atoms with E-state index in [0.29, 0.717) is 13.0 Å². The van der Waals surface area contributed by atoms with E-state index in [1.807, 2.05) is 54.8 Å². The summed E-state index contributed by atoms with van der Waals surface area (Å²) >= 11 is 1.61. The third kappa shape index (κ3) is 3.94. The quantitative estimate of drug-likeness (QED) is 0.879. The average molecular weight is 370 g/mol. The van der Waals surface area contributed by atoms with E-state index >= 15 is 0 Å². The lowest BCUT2D eigenvalue weighted by atomic mass is 10.0. The molecule has 0 unspecified atom stereocenters. The average Bonchev–Trinajstić information content (AvgIpc) is 3.32. The minimum atomic E-state index is -0.265. The molecule has 0 aliphatic carbocycles. The van der Waals surface area contributed by atoms with Crippen molar-refractivity contribution in [2.24, 2.45) is 5.10 Å². The fourth-order valence-corrected chi connectivity index (χ4v) is 3.62. The van der Waals surface area contributed by atoms with E-state index in [0.717, 1.165) is 16.2 Å². The van der Waals surface area contributed by atoms with Crippen molar-refractivity contribution in [1.82, 2.24) is 15.2 Å². The summed E-state index contributed by atoms with van der Waals surface area (Å²) in [6.07, 6.45) is 0.668. The largest absolute Gasteiger partial charge is 0.338 e. The van der Waals surface area contributed by atoms with Crippen LogP contribution in [0.25, 0.3) is 0 Å². The number of carbonyl (C=O) groups is 2. The number of carbonyl (C=O) groups excluding carboxylic acids is 2. The lowest BCUT2D eigenvalue weighted by Crippen LogP contribution is -2.43. The van der Waals surface area contributed by atoms with Gasteiger partial charge in [0, 0.05) is 20.0 Å². The number of rotatable bonds is 5. The highest BCUT2D eigenvalue weighted by atomic mass is 32.1. The number of nitrogens with zero attached hydrogens (tertiary/aromatic N) is 3. The molecule has 0 saturated carbocycles. The maximum absolute atomic E-state index is 12.9. The molecule has 2 heterocycles. The van der Waals surface area contributed by atoms with Gasteiger partial charge in [0.15, 0.2) is 0 Å². The fraction of sp³-hybridized carbons (Fsp3) is 0.316. The summed E-state index contributed by atoms with van der Waals surface area (Å²) in [5.41, 5.74) is 1.94. The van der Waals surface area contributed by atoms with Gasteiger partial charge in [-0.15, -0.1) is 11.3 Å². The first-order valence-electron chi connectivity index (χ1n) is 8.57. The predicted molar refractivity (Wildman–Crippen MR) is 103 cm³/mol. The molecule has 6 nitrogen and oxygen atoms in total. The second-order valence-electron chi connectivity index (χ2n) is 6.08. The number of hydrazone groups is 1. The van der Waals surface area contributed by atoms with Crippen molar-refractivity contribution in [1.29, 1.82) is 0 Å².